The van der Waals surface area contributed by atoms with Crippen LogP contribution in [0.15, 0.2) is 35.4 Å². The van der Waals surface area contributed by atoms with Gasteiger partial charge in [-0.3, -0.25) is 14.2 Å². The molecule has 1 amide bonds. The highest BCUT2D eigenvalue weighted by Crippen LogP contribution is 2.02. The summed E-state index contributed by atoms with van der Waals surface area (Å²) in [6, 6.07) is 7.36. The highest BCUT2D eigenvalue weighted by Gasteiger charge is 2.06. The molecular weight excluding hydrogens is 266 g/mol. The van der Waals surface area contributed by atoms with Crippen LogP contribution in [-0.2, 0) is 6.54 Å². The molecule has 1 N–H and O–H groups in total. The molecule has 1 aromatic heterocycles. The molecule has 0 saturated carbocycles. The molecule has 0 aliphatic carbocycles. The number of aromatic nitrogens is 2. The van der Waals surface area contributed by atoms with Gasteiger partial charge in [0.15, 0.2) is 0 Å². The number of nitrogens with zero attached hydrogens (tertiary/aromatic N) is 2. The summed E-state index contributed by atoms with van der Waals surface area (Å²) in [6.45, 7) is 6.33. The first-order valence-electron chi connectivity index (χ1n) is 6.86. The Morgan fingerprint density at radius 2 is 1.86 bits per heavy atom. The zero-order valence-electron chi connectivity index (χ0n) is 12.5. The number of carbonyl (C=O) groups is 1. The lowest BCUT2D eigenvalue weighted by atomic mass is 10.1. The molecule has 0 spiro atoms. The Morgan fingerprint density at radius 1 is 1.19 bits per heavy atom. The van der Waals surface area contributed by atoms with Crippen molar-refractivity contribution < 1.29 is 4.79 Å². The first kappa shape index (κ1) is 15.0. The maximum atomic E-state index is 12.0. The Hall–Kier alpha value is -2.43. The zero-order valence-corrected chi connectivity index (χ0v) is 12.5. The Balaban J connectivity index is 1.96. The largest absolute Gasteiger partial charge is 0.350 e. The third-order valence-electron chi connectivity index (χ3n) is 3.47. The highest BCUT2D eigenvalue weighted by atomic mass is 16.1. The van der Waals surface area contributed by atoms with Crippen LogP contribution >= 0.6 is 0 Å². The van der Waals surface area contributed by atoms with Gasteiger partial charge < -0.3 is 5.32 Å². The van der Waals surface area contributed by atoms with Gasteiger partial charge in [0, 0.05) is 29.9 Å². The molecule has 2 aromatic rings. The van der Waals surface area contributed by atoms with Crippen LogP contribution < -0.4 is 10.9 Å². The van der Waals surface area contributed by atoms with Gasteiger partial charge >= 0.3 is 0 Å². The molecule has 0 radical (unpaired) electrons. The molecule has 21 heavy (non-hydrogen) atoms. The van der Waals surface area contributed by atoms with Gasteiger partial charge in [-0.05, 0) is 32.9 Å². The van der Waals surface area contributed by atoms with E-state index >= 15 is 0 Å². The summed E-state index contributed by atoms with van der Waals surface area (Å²) in [6.07, 6.45) is 1.52. The molecule has 1 heterocycles. The van der Waals surface area contributed by atoms with Gasteiger partial charge in [0.05, 0.1) is 6.33 Å². The fourth-order valence-electron chi connectivity index (χ4n) is 1.93. The second-order valence-corrected chi connectivity index (χ2v) is 5.08. The number of hydrogen-bond donors (Lipinski definition) is 1. The molecule has 1 aromatic carbocycles. The minimum Gasteiger partial charge on any atom is -0.350 e. The van der Waals surface area contributed by atoms with Crippen LogP contribution in [-0.4, -0.2) is 22.0 Å². The van der Waals surface area contributed by atoms with E-state index in [0.717, 1.165) is 11.3 Å². The van der Waals surface area contributed by atoms with Crippen molar-refractivity contribution in [3.63, 3.8) is 0 Å². The van der Waals surface area contributed by atoms with E-state index in [1.807, 2.05) is 19.1 Å². The summed E-state index contributed by atoms with van der Waals surface area (Å²) in [7, 11) is 0. The van der Waals surface area contributed by atoms with Crippen LogP contribution in [0.3, 0.4) is 0 Å². The molecule has 0 aliphatic heterocycles. The molecule has 0 saturated heterocycles. The summed E-state index contributed by atoms with van der Waals surface area (Å²) >= 11 is 0. The summed E-state index contributed by atoms with van der Waals surface area (Å²) in [4.78, 5) is 28.1. The van der Waals surface area contributed by atoms with Crippen LogP contribution in [0.5, 0.6) is 0 Å². The number of carbonyl (C=O) groups excluding carboxylic acids is 1. The smallest absolute Gasteiger partial charge is 0.256 e. The Bertz CT molecular complexity index is 702. The summed E-state index contributed by atoms with van der Waals surface area (Å²) in [5.74, 6) is -0.139. The molecule has 5 nitrogen and oxygen atoms in total. The van der Waals surface area contributed by atoms with Crippen molar-refractivity contribution in [2.75, 3.05) is 6.54 Å². The van der Waals surface area contributed by atoms with E-state index < -0.39 is 0 Å². The number of hydrogen-bond acceptors (Lipinski definition) is 3. The fourth-order valence-corrected chi connectivity index (χ4v) is 1.93. The highest BCUT2D eigenvalue weighted by molar-refractivity contribution is 5.94. The number of benzene rings is 1. The van der Waals surface area contributed by atoms with E-state index in [2.05, 4.69) is 10.3 Å². The van der Waals surface area contributed by atoms with Gasteiger partial charge in [-0.2, -0.15) is 0 Å². The maximum absolute atomic E-state index is 12.0. The summed E-state index contributed by atoms with van der Waals surface area (Å²) in [5, 5.41) is 2.80. The van der Waals surface area contributed by atoms with E-state index in [-0.39, 0.29) is 11.5 Å². The van der Waals surface area contributed by atoms with E-state index in [1.165, 1.54) is 10.9 Å². The van der Waals surface area contributed by atoms with Crippen LogP contribution in [0.2, 0.25) is 0 Å². The van der Waals surface area contributed by atoms with Crippen LogP contribution in [0, 0.1) is 20.8 Å². The molecule has 0 bridgehead atoms. The lowest BCUT2D eigenvalue weighted by molar-refractivity contribution is 0.0952. The molecular formula is C16H19N3O2. The standard InChI is InChI=1S/C16H19N3O2/c1-11-4-6-14(7-5-11)15(20)17-8-9-19-10-18-13(3)12(2)16(19)21/h4-7,10H,8-9H2,1-3H3,(H,17,20). The minimum atomic E-state index is -0.139. The van der Waals surface area contributed by atoms with Crippen molar-refractivity contribution in [3.05, 3.63) is 63.3 Å². The van der Waals surface area contributed by atoms with Crippen LogP contribution in [0.4, 0.5) is 0 Å². The lowest BCUT2D eigenvalue weighted by Gasteiger charge is -2.09. The topological polar surface area (TPSA) is 64.0 Å². The van der Waals surface area contributed by atoms with Gasteiger partial charge in [-0.25, -0.2) is 4.98 Å². The van der Waals surface area contributed by atoms with Gasteiger partial charge in [-0.15, -0.1) is 0 Å². The summed E-state index contributed by atoms with van der Waals surface area (Å²) in [5.41, 5.74) is 3.04. The van der Waals surface area contributed by atoms with Crippen molar-refractivity contribution in [1.82, 2.24) is 14.9 Å². The van der Waals surface area contributed by atoms with E-state index in [1.54, 1.807) is 26.0 Å². The molecule has 5 heteroatoms. The average molecular weight is 285 g/mol. The van der Waals surface area contributed by atoms with Crippen molar-refractivity contribution in [3.8, 4) is 0 Å². The van der Waals surface area contributed by atoms with Crippen LogP contribution in [0.1, 0.15) is 27.2 Å². The van der Waals surface area contributed by atoms with Crippen molar-refractivity contribution in [2.45, 2.75) is 27.3 Å². The van der Waals surface area contributed by atoms with Crippen molar-refractivity contribution in [1.29, 1.82) is 0 Å². The SMILES string of the molecule is Cc1ccc(C(=O)NCCn2cnc(C)c(C)c2=O)cc1. The predicted molar refractivity (Wildman–Crippen MR) is 81.5 cm³/mol. The molecule has 0 atom stereocenters. The van der Waals surface area contributed by atoms with Gasteiger partial charge in [0.1, 0.15) is 0 Å². The Morgan fingerprint density at radius 3 is 2.52 bits per heavy atom. The minimum absolute atomic E-state index is 0.0629. The monoisotopic (exact) mass is 285 g/mol. The summed E-state index contributed by atoms with van der Waals surface area (Å²) < 4.78 is 1.51. The van der Waals surface area contributed by atoms with E-state index in [0.29, 0.717) is 24.2 Å². The zero-order chi connectivity index (χ0) is 15.4. The van der Waals surface area contributed by atoms with Gasteiger partial charge in [0.2, 0.25) is 0 Å². The molecule has 2 rings (SSSR count). The molecule has 110 valence electrons. The number of aryl methyl sites for hydroxylation is 2. The molecule has 0 unspecified atom stereocenters. The first-order valence-corrected chi connectivity index (χ1v) is 6.86. The number of nitrogens with one attached hydrogen (secondary N) is 1. The third-order valence-corrected chi connectivity index (χ3v) is 3.47. The van der Waals surface area contributed by atoms with E-state index in [4.69, 9.17) is 0 Å². The third kappa shape index (κ3) is 3.56. The van der Waals surface area contributed by atoms with Crippen molar-refractivity contribution in [2.24, 2.45) is 0 Å². The Kier molecular flexibility index (Phi) is 4.52. The number of rotatable bonds is 4. The lowest BCUT2D eigenvalue weighted by Crippen LogP contribution is -2.32. The normalized spacial score (nSPS) is 10.4. The molecule has 0 fully saturated rings. The predicted octanol–water partition coefficient (Wildman–Crippen LogP) is 1.60. The number of amides is 1. The van der Waals surface area contributed by atoms with Gasteiger partial charge in [0.25, 0.3) is 11.5 Å². The van der Waals surface area contributed by atoms with Crippen LogP contribution in [0.25, 0.3) is 0 Å². The fraction of sp³-hybridized carbons (Fsp3) is 0.312. The van der Waals surface area contributed by atoms with E-state index in [9.17, 15) is 9.59 Å². The second-order valence-electron chi connectivity index (χ2n) is 5.08. The Labute approximate surface area is 123 Å². The average Bonchev–Trinajstić information content (AvgIpc) is 2.48. The second kappa shape index (κ2) is 6.35. The van der Waals surface area contributed by atoms with Gasteiger partial charge in [-0.1, -0.05) is 17.7 Å². The quantitative estimate of drug-likeness (QED) is 0.928. The van der Waals surface area contributed by atoms with Crippen molar-refractivity contribution >= 4 is 5.91 Å². The maximum Gasteiger partial charge on any atom is 0.256 e. The molecule has 0 aliphatic rings. The first-order chi connectivity index (χ1) is 9.99.